The molecule has 3 fully saturated rings. The van der Waals surface area contributed by atoms with E-state index in [4.69, 9.17) is 0 Å². The Hall–Kier alpha value is -2.63. The first kappa shape index (κ1) is 20.3. The number of carbonyl (C=O) groups is 2. The lowest BCUT2D eigenvalue weighted by Crippen LogP contribution is -2.67. The molecule has 6 nitrogen and oxygen atoms in total. The summed E-state index contributed by atoms with van der Waals surface area (Å²) in [5.74, 6) is 1.36. The standard InChI is InChI=1S/C25H32N4O2/c1-19-26-14-17-28(19)18-22(30)27-15-10-21(11-16-27)29-23(20-8-4-2-5-9-20)25(24(29)31)12-6-3-7-13-25/h2,4-5,8-9,14,17,21,23H,3,6-7,10-13,15-16,18H2,1H3. The second kappa shape index (κ2) is 8.13. The summed E-state index contributed by atoms with van der Waals surface area (Å²) >= 11 is 0. The van der Waals surface area contributed by atoms with Crippen LogP contribution in [0, 0.1) is 12.3 Å². The van der Waals surface area contributed by atoms with E-state index in [1.54, 1.807) is 6.20 Å². The summed E-state index contributed by atoms with van der Waals surface area (Å²) < 4.78 is 1.89. The molecule has 1 aromatic heterocycles. The molecule has 3 heterocycles. The van der Waals surface area contributed by atoms with Gasteiger partial charge in [-0.15, -0.1) is 0 Å². The van der Waals surface area contributed by atoms with Gasteiger partial charge in [-0.2, -0.15) is 0 Å². The number of hydrogen-bond acceptors (Lipinski definition) is 3. The molecule has 31 heavy (non-hydrogen) atoms. The van der Waals surface area contributed by atoms with Gasteiger partial charge in [0.2, 0.25) is 11.8 Å². The fourth-order valence-corrected chi connectivity index (χ4v) is 6.06. The van der Waals surface area contributed by atoms with E-state index in [2.05, 4.69) is 34.1 Å². The number of β-lactam (4-membered cyclic amide) rings is 1. The van der Waals surface area contributed by atoms with Crippen LogP contribution in [0.25, 0.3) is 0 Å². The maximum atomic E-state index is 13.5. The summed E-state index contributed by atoms with van der Waals surface area (Å²) in [5, 5.41) is 0. The highest BCUT2D eigenvalue weighted by Gasteiger charge is 2.62. The molecule has 0 N–H and O–H groups in total. The van der Waals surface area contributed by atoms with Crippen LogP contribution in [-0.2, 0) is 16.1 Å². The van der Waals surface area contributed by atoms with Crippen LogP contribution in [0.5, 0.6) is 0 Å². The monoisotopic (exact) mass is 420 g/mol. The average molecular weight is 421 g/mol. The molecule has 2 aliphatic heterocycles. The van der Waals surface area contributed by atoms with Gasteiger partial charge in [-0.25, -0.2) is 4.98 Å². The highest BCUT2D eigenvalue weighted by atomic mass is 16.2. The van der Waals surface area contributed by atoms with Crippen LogP contribution >= 0.6 is 0 Å². The van der Waals surface area contributed by atoms with Crippen molar-refractivity contribution < 1.29 is 9.59 Å². The summed E-state index contributed by atoms with van der Waals surface area (Å²) in [4.78, 5) is 34.6. The number of piperidine rings is 1. The van der Waals surface area contributed by atoms with Crippen molar-refractivity contribution in [3.05, 3.63) is 54.1 Å². The first-order valence-corrected chi connectivity index (χ1v) is 11.7. The molecule has 2 aromatic rings. The highest BCUT2D eigenvalue weighted by molar-refractivity contribution is 5.91. The maximum absolute atomic E-state index is 13.5. The minimum absolute atomic E-state index is 0.137. The second-order valence-corrected chi connectivity index (χ2v) is 9.46. The molecule has 1 spiro atoms. The first-order valence-electron chi connectivity index (χ1n) is 11.7. The van der Waals surface area contributed by atoms with Crippen LogP contribution in [0.3, 0.4) is 0 Å². The van der Waals surface area contributed by atoms with Gasteiger partial charge in [-0.05, 0) is 38.2 Å². The molecule has 1 saturated carbocycles. The van der Waals surface area contributed by atoms with Gasteiger partial charge in [0.1, 0.15) is 12.4 Å². The van der Waals surface area contributed by atoms with Crippen LogP contribution in [0.15, 0.2) is 42.7 Å². The molecule has 3 aliphatic rings. The van der Waals surface area contributed by atoms with Crippen molar-refractivity contribution in [2.45, 2.75) is 70.5 Å². The molecule has 2 saturated heterocycles. The van der Waals surface area contributed by atoms with Crippen LogP contribution in [0.1, 0.15) is 62.4 Å². The molecular weight excluding hydrogens is 388 g/mol. The number of amides is 2. The van der Waals surface area contributed by atoms with Crippen molar-refractivity contribution in [3.8, 4) is 0 Å². The molecule has 1 atom stereocenters. The Morgan fingerprint density at radius 2 is 1.81 bits per heavy atom. The van der Waals surface area contributed by atoms with Gasteiger partial charge >= 0.3 is 0 Å². The van der Waals surface area contributed by atoms with E-state index in [-0.39, 0.29) is 23.4 Å². The summed E-state index contributed by atoms with van der Waals surface area (Å²) in [5.41, 5.74) is 1.09. The SMILES string of the molecule is Cc1nccn1CC(=O)N1CCC(N2C(=O)C3(CCCCC3)C2c2ccccc2)CC1. The van der Waals surface area contributed by atoms with E-state index in [0.29, 0.717) is 12.5 Å². The van der Waals surface area contributed by atoms with Gasteiger partial charge in [0.05, 0.1) is 11.5 Å². The van der Waals surface area contributed by atoms with Crippen molar-refractivity contribution in [3.63, 3.8) is 0 Å². The summed E-state index contributed by atoms with van der Waals surface area (Å²) in [7, 11) is 0. The Labute approximate surface area is 184 Å². The van der Waals surface area contributed by atoms with Crippen molar-refractivity contribution in [2.75, 3.05) is 13.1 Å². The molecule has 0 radical (unpaired) electrons. The van der Waals surface area contributed by atoms with Gasteiger partial charge in [-0.1, -0.05) is 49.6 Å². The average Bonchev–Trinajstić information content (AvgIpc) is 3.22. The summed E-state index contributed by atoms with van der Waals surface area (Å²) in [6.07, 6.45) is 10.9. The Kier molecular flexibility index (Phi) is 5.32. The van der Waals surface area contributed by atoms with Gasteiger partial charge in [0.25, 0.3) is 0 Å². The molecule has 1 aliphatic carbocycles. The number of hydrogen-bond donors (Lipinski definition) is 0. The molecule has 0 bridgehead atoms. The highest BCUT2D eigenvalue weighted by Crippen LogP contribution is 2.59. The van der Waals surface area contributed by atoms with E-state index in [0.717, 1.165) is 57.4 Å². The van der Waals surface area contributed by atoms with Crippen LogP contribution < -0.4 is 0 Å². The van der Waals surface area contributed by atoms with Crippen LogP contribution in [0.4, 0.5) is 0 Å². The third-order valence-electron chi connectivity index (χ3n) is 7.76. The molecule has 164 valence electrons. The third-order valence-corrected chi connectivity index (χ3v) is 7.76. The maximum Gasteiger partial charge on any atom is 0.242 e. The number of aryl methyl sites for hydroxylation is 1. The van der Waals surface area contributed by atoms with Crippen molar-refractivity contribution in [1.29, 1.82) is 0 Å². The zero-order valence-electron chi connectivity index (χ0n) is 18.4. The molecular formula is C25H32N4O2. The Morgan fingerprint density at radius 3 is 2.45 bits per heavy atom. The number of carbonyl (C=O) groups excluding carboxylic acids is 2. The van der Waals surface area contributed by atoms with Crippen molar-refractivity contribution >= 4 is 11.8 Å². The van der Waals surface area contributed by atoms with Gasteiger partial charge < -0.3 is 14.4 Å². The zero-order chi connectivity index (χ0) is 21.4. The number of rotatable bonds is 4. The minimum atomic E-state index is -0.189. The van der Waals surface area contributed by atoms with Crippen LogP contribution in [0.2, 0.25) is 0 Å². The Balaban J connectivity index is 1.28. The fourth-order valence-electron chi connectivity index (χ4n) is 6.06. The predicted octanol–water partition coefficient (Wildman–Crippen LogP) is 3.72. The number of aromatic nitrogens is 2. The quantitative estimate of drug-likeness (QED) is 0.709. The molecule has 1 unspecified atom stereocenters. The van der Waals surface area contributed by atoms with Gasteiger partial charge in [0, 0.05) is 31.5 Å². The summed E-state index contributed by atoms with van der Waals surface area (Å²) in [6.45, 7) is 3.69. The largest absolute Gasteiger partial charge is 0.341 e. The normalized spacial score (nSPS) is 23.8. The minimum Gasteiger partial charge on any atom is -0.341 e. The zero-order valence-corrected chi connectivity index (χ0v) is 18.4. The van der Waals surface area contributed by atoms with E-state index < -0.39 is 0 Å². The Bertz CT molecular complexity index is 939. The Morgan fingerprint density at radius 1 is 1.10 bits per heavy atom. The van der Waals surface area contributed by atoms with E-state index >= 15 is 0 Å². The molecule has 5 rings (SSSR count). The first-order chi connectivity index (χ1) is 15.1. The van der Waals surface area contributed by atoms with E-state index in [9.17, 15) is 9.59 Å². The van der Waals surface area contributed by atoms with Crippen LogP contribution in [-0.4, -0.2) is 50.3 Å². The number of benzene rings is 1. The molecule has 1 aromatic carbocycles. The fraction of sp³-hybridized carbons (Fsp3) is 0.560. The lowest BCUT2D eigenvalue weighted by molar-refractivity contribution is -0.186. The lowest BCUT2D eigenvalue weighted by Gasteiger charge is -2.61. The van der Waals surface area contributed by atoms with E-state index in [1.807, 2.05) is 28.7 Å². The summed E-state index contributed by atoms with van der Waals surface area (Å²) in [6, 6.07) is 11.0. The van der Waals surface area contributed by atoms with Crippen molar-refractivity contribution in [1.82, 2.24) is 19.4 Å². The second-order valence-electron chi connectivity index (χ2n) is 9.46. The topological polar surface area (TPSA) is 58.4 Å². The smallest absolute Gasteiger partial charge is 0.242 e. The number of nitrogens with zero attached hydrogens (tertiary/aromatic N) is 4. The van der Waals surface area contributed by atoms with Gasteiger partial charge in [-0.3, -0.25) is 9.59 Å². The number of likely N-dealkylation sites (tertiary alicyclic amines) is 2. The predicted molar refractivity (Wildman–Crippen MR) is 118 cm³/mol. The van der Waals surface area contributed by atoms with Gasteiger partial charge in [0.15, 0.2) is 0 Å². The molecule has 2 amide bonds. The number of imidazole rings is 1. The lowest BCUT2D eigenvalue weighted by atomic mass is 9.59. The van der Waals surface area contributed by atoms with Crippen molar-refractivity contribution in [2.24, 2.45) is 5.41 Å². The molecule has 6 heteroatoms. The van der Waals surface area contributed by atoms with E-state index in [1.165, 1.54) is 12.0 Å². The third kappa shape index (κ3) is 3.46.